The molecule has 1 aromatic carbocycles. The first-order chi connectivity index (χ1) is 16.6. The van der Waals surface area contributed by atoms with Crippen molar-refractivity contribution >= 4 is 16.8 Å². The van der Waals surface area contributed by atoms with Crippen molar-refractivity contribution in [3.8, 4) is 0 Å². The highest BCUT2D eigenvalue weighted by Crippen LogP contribution is 2.23. The number of nitrogens with zero attached hydrogens (tertiary/aromatic N) is 5. The van der Waals surface area contributed by atoms with E-state index >= 15 is 0 Å². The largest absolute Gasteiger partial charge is 0.459 e. The molecule has 0 saturated carbocycles. The molecule has 1 aliphatic rings. The number of furan rings is 1. The maximum absolute atomic E-state index is 12.7. The van der Waals surface area contributed by atoms with Crippen LogP contribution in [0.2, 0.25) is 0 Å². The minimum atomic E-state index is -0.228. The highest BCUT2D eigenvalue weighted by atomic mass is 16.3. The van der Waals surface area contributed by atoms with Crippen molar-refractivity contribution < 1.29 is 9.21 Å². The molecule has 0 bridgehead atoms. The monoisotopic (exact) mass is 458 g/mol. The van der Waals surface area contributed by atoms with Gasteiger partial charge >= 0.3 is 0 Å². The normalized spacial score (nSPS) is 15.3. The SMILES string of the molecule is CC(C)C[C@@H](NC(=O)c1ccco1)c1nnc2n1CCN(Cc1ccc3ncccc3c1)CC2. The van der Waals surface area contributed by atoms with E-state index in [1.54, 1.807) is 12.1 Å². The zero-order chi connectivity index (χ0) is 23.5. The third-order valence-corrected chi connectivity index (χ3v) is 6.29. The number of benzene rings is 1. The smallest absolute Gasteiger partial charge is 0.287 e. The first-order valence-electron chi connectivity index (χ1n) is 11.9. The highest BCUT2D eigenvalue weighted by molar-refractivity contribution is 5.91. The van der Waals surface area contributed by atoms with Crippen LogP contribution in [0.4, 0.5) is 0 Å². The minimum absolute atomic E-state index is 0.224. The Hall–Kier alpha value is -3.52. The third kappa shape index (κ3) is 4.87. The Morgan fingerprint density at radius 3 is 2.85 bits per heavy atom. The van der Waals surface area contributed by atoms with Crippen molar-refractivity contribution in [1.29, 1.82) is 0 Å². The second kappa shape index (κ2) is 9.77. The molecule has 0 spiro atoms. The molecular weight excluding hydrogens is 428 g/mol. The molecule has 0 radical (unpaired) electrons. The van der Waals surface area contributed by atoms with E-state index in [0.717, 1.165) is 61.6 Å². The number of amides is 1. The maximum Gasteiger partial charge on any atom is 0.287 e. The number of hydrogen-bond donors (Lipinski definition) is 1. The van der Waals surface area contributed by atoms with E-state index in [1.807, 2.05) is 12.3 Å². The molecule has 0 unspecified atom stereocenters. The van der Waals surface area contributed by atoms with Gasteiger partial charge in [0.1, 0.15) is 5.82 Å². The highest BCUT2D eigenvalue weighted by Gasteiger charge is 2.27. The fourth-order valence-corrected chi connectivity index (χ4v) is 4.62. The second-order valence-electron chi connectivity index (χ2n) is 9.32. The van der Waals surface area contributed by atoms with E-state index in [9.17, 15) is 4.79 Å². The van der Waals surface area contributed by atoms with Crippen LogP contribution in [0.25, 0.3) is 10.9 Å². The second-order valence-corrected chi connectivity index (χ2v) is 9.32. The minimum Gasteiger partial charge on any atom is -0.459 e. The fourth-order valence-electron chi connectivity index (χ4n) is 4.62. The number of carbonyl (C=O) groups excluding carboxylic acids is 1. The Kier molecular flexibility index (Phi) is 6.40. The van der Waals surface area contributed by atoms with Gasteiger partial charge in [0.05, 0.1) is 17.8 Å². The number of fused-ring (bicyclic) bond motifs is 2. The van der Waals surface area contributed by atoms with E-state index in [2.05, 4.69) is 68.1 Å². The molecule has 1 aliphatic heterocycles. The van der Waals surface area contributed by atoms with Gasteiger partial charge in [0.15, 0.2) is 11.6 Å². The van der Waals surface area contributed by atoms with E-state index in [-0.39, 0.29) is 11.9 Å². The van der Waals surface area contributed by atoms with Gasteiger partial charge in [-0.1, -0.05) is 26.0 Å². The van der Waals surface area contributed by atoms with Crippen LogP contribution in [0.1, 0.15) is 54.1 Å². The summed E-state index contributed by atoms with van der Waals surface area (Å²) >= 11 is 0. The van der Waals surface area contributed by atoms with Gasteiger partial charge in [-0.05, 0) is 48.2 Å². The van der Waals surface area contributed by atoms with Crippen LogP contribution in [-0.2, 0) is 19.5 Å². The first-order valence-corrected chi connectivity index (χ1v) is 11.9. The first kappa shape index (κ1) is 22.3. The van der Waals surface area contributed by atoms with E-state index in [0.29, 0.717) is 11.7 Å². The Morgan fingerprint density at radius 2 is 2.03 bits per heavy atom. The van der Waals surface area contributed by atoms with Gasteiger partial charge < -0.3 is 14.3 Å². The van der Waals surface area contributed by atoms with Crippen LogP contribution in [0, 0.1) is 5.92 Å². The number of hydrogen-bond acceptors (Lipinski definition) is 6. The zero-order valence-electron chi connectivity index (χ0n) is 19.6. The van der Waals surface area contributed by atoms with Crippen molar-refractivity contribution in [2.24, 2.45) is 5.92 Å². The molecule has 8 nitrogen and oxygen atoms in total. The fraction of sp³-hybridized carbons (Fsp3) is 0.385. The summed E-state index contributed by atoms with van der Waals surface area (Å²) in [5, 5.41) is 13.3. The molecule has 1 N–H and O–H groups in total. The number of carbonyl (C=O) groups is 1. The van der Waals surface area contributed by atoms with Gasteiger partial charge in [0, 0.05) is 44.2 Å². The van der Waals surface area contributed by atoms with Gasteiger partial charge in [-0.15, -0.1) is 10.2 Å². The summed E-state index contributed by atoms with van der Waals surface area (Å²) < 4.78 is 7.48. The van der Waals surface area contributed by atoms with E-state index < -0.39 is 0 Å². The van der Waals surface area contributed by atoms with E-state index in [4.69, 9.17) is 4.42 Å². The summed E-state index contributed by atoms with van der Waals surface area (Å²) in [5.74, 6) is 2.26. The molecule has 1 atom stereocenters. The third-order valence-electron chi connectivity index (χ3n) is 6.29. The summed E-state index contributed by atoms with van der Waals surface area (Å²) in [5.41, 5.74) is 2.30. The van der Waals surface area contributed by atoms with Gasteiger partial charge in [0.2, 0.25) is 0 Å². The zero-order valence-corrected chi connectivity index (χ0v) is 19.6. The average Bonchev–Trinajstić information content (AvgIpc) is 3.47. The molecule has 5 rings (SSSR count). The van der Waals surface area contributed by atoms with Crippen molar-refractivity contribution in [3.63, 3.8) is 0 Å². The topological polar surface area (TPSA) is 89.1 Å². The lowest BCUT2D eigenvalue weighted by atomic mass is 10.0. The van der Waals surface area contributed by atoms with Gasteiger partial charge in [0.25, 0.3) is 5.91 Å². The Morgan fingerprint density at radius 1 is 1.12 bits per heavy atom. The number of aromatic nitrogens is 4. The molecule has 176 valence electrons. The maximum atomic E-state index is 12.7. The quantitative estimate of drug-likeness (QED) is 0.450. The van der Waals surface area contributed by atoms with Crippen LogP contribution in [0.3, 0.4) is 0 Å². The molecule has 4 aromatic rings. The summed E-state index contributed by atoms with van der Waals surface area (Å²) in [4.78, 5) is 19.6. The summed E-state index contributed by atoms with van der Waals surface area (Å²) in [6.07, 6.45) is 4.94. The van der Waals surface area contributed by atoms with Gasteiger partial charge in [-0.25, -0.2) is 0 Å². The standard InChI is InChI=1S/C26H30N6O2/c1-18(2)15-22(28-26(33)23-6-4-14-34-23)25-30-29-24-9-11-31(12-13-32(24)25)17-19-7-8-21-20(16-19)5-3-10-27-21/h3-8,10,14,16,18,22H,9,11-13,15,17H2,1-2H3,(H,28,33)/t22-/m1/s1. The van der Waals surface area contributed by atoms with Crippen LogP contribution in [0.5, 0.6) is 0 Å². The molecular formula is C26H30N6O2. The van der Waals surface area contributed by atoms with Crippen LogP contribution < -0.4 is 5.32 Å². The lowest BCUT2D eigenvalue weighted by Gasteiger charge is -2.22. The molecule has 4 heterocycles. The molecule has 0 aliphatic carbocycles. The predicted molar refractivity (Wildman–Crippen MR) is 129 cm³/mol. The summed E-state index contributed by atoms with van der Waals surface area (Å²) in [6.45, 7) is 7.76. The van der Waals surface area contributed by atoms with Crippen molar-refractivity contribution in [2.75, 3.05) is 13.1 Å². The van der Waals surface area contributed by atoms with Gasteiger partial charge in [-0.3, -0.25) is 14.7 Å². The number of nitrogens with one attached hydrogen (secondary N) is 1. The van der Waals surface area contributed by atoms with Crippen LogP contribution >= 0.6 is 0 Å². The Labute approximate surface area is 199 Å². The van der Waals surface area contributed by atoms with Crippen LogP contribution in [-0.4, -0.2) is 43.6 Å². The molecule has 0 saturated heterocycles. The van der Waals surface area contributed by atoms with Crippen LogP contribution in [0.15, 0.2) is 59.3 Å². The number of pyridine rings is 1. The summed E-state index contributed by atoms with van der Waals surface area (Å²) in [6, 6.07) is 13.7. The number of rotatable bonds is 7. The summed E-state index contributed by atoms with van der Waals surface area (Å²) in [7, 11) is 0. The Bertz CT molecular complexity index is 1260. The van der Waals surface area contributed by atoms with Crippen molar-refractivity contribution in [3.05, 3.63) is 77.9 Å². The van der Waals surface area contributed by atoms with Gasteiger partial charge in [-0.2, -0.15) is 0 Å². The molecule has 1 amide bonds. The van der Waals surface area contributed by atoms with E-state index in [1.165, 1.54) is 11.8 Å². The lowest BCUT2D eigenvalue weighted by Crippen LogP contribution is -2.32. The Balaban J connectivity index is 1.31. The van der Waals surface area contributed by atoms with Crippen molar-refractivity contribution in [1.82, 2.24) is 30.0 Å². The molecule has 3 aromatic heterocycles. The lowest BCUT2D eigenvalue weighted by molar-refractivity contribution is 0.0900. The molecule has 8 heteroatoms. The van der Waals surface area contributed by atoms with Crippen molar-refractivity contribution in [2.45, 2.75) is 45.8 Å². The predicted octanol–water partition coefficient (Wildman–Crippen LogP) is 3.99. The molecule has 34 heavy (non-hydrogen) atoms. The average molecular weight is 459 g/mol. The molecule has 0 fully saturated rings.